The number of pyridine rings is 1. The van der Waals surface area contributed by atoms with Crippen molar-refractivity contribution in [2.75, 3.05) is 12.4 Å². The summed E-state index contributed by atoms with van der Waals surface area (Å²) in [5.74, 6) is 0.995. The van der Waals surface area contributed by atoms with Crippen LogP contribution in [0, 0.1) is 0 Å². The fourth-order valence-corrected chi connectivity index (χ4v) is 5.00. The molecule has 1 fully saturated rings. The van der Waals surface area contributed by atoms with E-state index in [1.165, 1.54) is 18.5 Å². The number of ether oxygens (including phenoxy) is 1. The number of nitrogens with zero attached hydrogens (tertiary/aromatic N) is 1. The Hall–Kier alpha value is -2.39. The number of anilines is 1. The summed E-state index contributed by atoms with van der Waals surface area (Å²) in [6.07, 6.45) is 5.24. The van der Waals surface area contributed by atoms with Crippen molar-refractivity contribution in [2.24, 2.45) is 0 Å². The Kier molecular flexibility index (Phi) is 6.62. The number of furan rings is 1. The number of benzene rings is 1. The minimum atomic E-state index is -3.88. The molecule has 0 radical (unpaired) electrons. The van der Waals surface area contributed by atoms with Crippen LogP contribution < -0.4 is 10.0 Å². The summed E-state index contributed by atoms with van der Waals surface area (Å²) < 4.78 is 39.6. The minimum absolute atomic E-state index is 0.00366. The van der Waals surface area contributed by atoms with Gasteiger partial charge >= 0.3 is 0 Å². The number of methoxy groups -OCH3 is 1. The zero-order chi connectivity index (χ0) is 21.8. The predicted octanol–water partition coefficient (Wildman–Crippen LogP) is 4.18. The highest BCUT2D eigenvalue weighted by Gasteiger charge is 2.30. The van der Waals surface area contributed by atoms with Crippen molar-refractivity contribution in [1.29, 1.82) is 0 Å². The SMILES string of the molecule is COC1CC(Nc2ncc(S(=O)(=O)NC(Cc3ccccc3)c3ccco3)cc2Cl)C1. The Balaban J connectivity index is 1.50. The molecule has 1 unspecified atom stereocenters. The first-order chi connectivity index (χ1) is 14.9. The summed E-state index contributed by atoms with van der Waals surface area (Å²) in [6, 6.07) is 14.2. The van der Waals surface area contributed by atoms with Crippen molar-refractivity contribution in [3.8, 4) is 0 Å². The number of hydrogen-bond acceptors (Lipinski definition) is 6. The molecule has 2 heterocycles. The Morgan fingerprint density at radius 3 is 2.65 bits per heavy atom. The Morgan fingerprint density at radius 1 is 1.23 bits per heavy atom. The molecule has 4 rings (SSSR count). The van der Waals surface area contributed by atoms with Gasteiger partial charge in [0.1, 0.15) is 16.5 Å². The summed E-state index contributed by atoms with van der Waals surface area (Å²) >= 11 is 6.33. The number of sulfonamides is 1. The monoisotopic (exact) mass is 461 g/mol. The van der Waals surface area contributed by atoms with Crippen molar-refractivity contribution >= 4 is 27.4 Å². The van der Waals surface area contributed by atoms with E-state index < -0.39 is 16.1 Å². The average Bonchev–Trinajstić information content (AvgIpc) is 3.26. The number of nitrogens with one attached hydrogen (secondary N) is 2. The van der Waals surface area contributed by atoms with Crippen LogP contribution in [0.4, 0.5) is 5.82 Å². The molecule has 31 heavy (non-hydrogen) atoms. The van der Waals surface area contributed by atoms with Gasteiger partial charge in [0.25, 0.3) is 0 Å². The summed E-state index contributed by atoms with van der Waals surface area (Å²) in [5.41, 5.74) is 0.983. The van der Waals surface area contributed by atoms with Crippen LogP contribution in [0.25, 0.3) is 0 Å². The normalized spacial score (nSPS) is 19.5. The van der Waals surface area contributed by atoms with E-state index in [0.29, 0.717) is 18.0 Å². The first kappa shape index (κ1) is 21.8. The summed E-state index contributed by atoms with van der Waals surface area (Å²) in [4.78, 5) is 4.24. The smallest absolute Gasteiger partial charge is 0.242 e. The Labute approximate surface area is 186 Å². The lowest BCUT2D eigenvalue weighted by atomic mass is 9.89. The van der Waals surface area contributed by atoms with Gasteiger partial charge in [-0.05, 0) is 43.0 Å². The van der Waals surface area contributed by atoms with Crippen molar-refractivity contribution in [2.45, 2.75) is 42.3 Å². The van der Waals surface area contributed by atoms with Gasteiger partial charge in [0.15, 0.2) is 0 Å². The van der Waals surface area contributed by atoms with E-state index in [4.69, 9.17) is 20.8 Å². The van der Waals surface area contributed by atoms with E-state index >= 15 is 0 Å². The van der Waals surface area contributed by atoms with Gasteiger partial charge in [-0.1, -0.05) is 41.9 Å². The van der Waals surface area contributed by atoms with Crippen LogP contribution in [-0.4, -0.2) is 32.7 Å². The molecule has 0 spiro atoms. The molecular weight excluding hydrogens is 438 g/mol. The first-order valence-corrected chi connectivity index (χ1v) is 11.9. The molecule has 1 aliphatic carbocycles. The highest BCUT2D eigenvalue weighted by molar-refractivity contribution is 7.89. The quantitative estimate of drug-likeness (QED) is 0.496. The van der Waals surface area contributed by atoms with Gasteiger partial charge < -0.3 is 14.5 Å². The van der Waals surface area contributed by atoms with Gasteiger partial charge in [-0.15, -0.1) is 0 Å². The number of rotatable bonds is 9. The molecule has 3 aromatic rings. The molecule has 2 aromatic heterocycles. The molecule has 7 nitrogen and oxygen atoms in total. The number of hydrogen-bond donors (Lipinski definition) is 2. The van der Waals surface area contributed by atoms with Gasteiger partial charge in [-0.3, -0.25) is 0 Å². The molecule has 0 bridgehead atoms. The second-order valence-electron chi connectivity index (χ2n) is 7.55. The molecule has 1 saturated carbocycles. The van der Waals surface area contributed by atoms with Crippen LogP contribution in [0.3, 0.4) is 0 Å². The van der Waals surface area contributed by atoms with Crippen LogP contribution in [0.5, 0.6) is 0 Å². The lowest BCUT2D eigenvalue weighted by Gasteiger charge is -2.35. The van der Waals surface area contributed by atoms with Gasteiger partial charge in [0.05, 0.1) is 23.4 Å². The third-order valence-electron chi connectivity index (χ3n) is 5.36. The van der Waals surface area contributed by atoms with E-state index in [2.05, 4.69) is 15.0 Å². The predicted molar refractivity (Wildman–Crippen MR) is 119 cm³/mol. The van der Waals surface area contributed by atoms with Crippen LogP contribution in [0.2, 0.25) is 5.02 Å². The Bertz CT molecular complexity index is 1100. The average molecular weight is 462 g/mol. The molecular formula is C22H24ClN3O4S. The van der Waals surface area contributed by atoms with E-state index in [1.54, 1.807) is 19.2 Å². The zero-order valence-corrected chi connectivity index (χ0v) is 18.6. The van der Waals surface area contributed by atoms with E-state index in [1.807, 2.05) is 30.3 Å². The van der Waals surface area contributed by atoms with Gasteiger partial charge in [-0.2, -0.15) is 0 Å². The van der Waals surface area contributed by atoms with Crippen molar-refractivity contribution in [3.63, 3.8) is 0 Å². The maximum absolute atomic E-state index is 13.1. The molecule has 2 N–H and O–H groups in total. The fourth-order valence-electron chi connectivity index (χ4n) is 3.54. The van der Waals surface area contributed by atoms with Crippen LogP contribution in [0.15, 0.2) is 70.3 Å². The first-order valence-electron chi connectivity index (χ1n) is 9.99. The van der Waals surface area contributed by atoms with Gasteiger partial charge in [-0.25, -0.2) is 18.1 Å². The maximum atomic E-state index is 13.1. The second-order valence-corrected chi connectivity index (χ2v) is 9.67. The van der Waals surface area contributed by atoms with Crippen LogP contribution in [-0.2, 0) is 21.2 Å². The summed E-state index contributed by atoms with van der Waals surface area (Å²) in [7, 11) is -2.20. The van der Waals surface area contributed by atoms with Gasteiger partial charge in [0, 0.05) is 19.3 Å². The fraction of sp³-hybridized carbons (Fsp3) is 0.318. The van der Waals surface area contributed by atoms with Crippen molar-refractivity contribution in [1.82, 2.24) is 9.71 Å². The molecule has 0 amide bonds. The maximum Gasteiger partial charge on any atom is 0.242 e. The lowest BCUT2D eigenvalue weighted by Crippen LogP contribution is -2.40. The summed E-state index contributed by atoms with van der Waals surface area (Å²) in [5, 5.41) is 3.48. The second kappa shape index (κ2) is 9.40. The molecule has 1 atom stereocenters. The highest BCUT2D eigenvalue weighted by atomic mass is 35.5. The molecule has 9 heteroatoms. The minimum Gasteiger partial charge on any atom is -0.468 e. The van der Waals surface area contributed by atoms with E-state index in [9.17, 15) is 8.42 Å². The number of halogens is 1. The zero-order valence-electron chi connectivity index (χ0n) is 17.0. The van der Waals surface area contributed by atoms with Crippen molar-refractivity contribution < 1.29 is 17.6 Å². The Morgan fingerprint density at radius 2 is 2.00 bits per heavy atom. The third kappa shape index (κ3) is 5.27. The standard InChI is InChI=1S/C22H24ClN3O4S/c1-29-17-11-16(12-17)25-22-19(23)13-18(14-24-22)31(27,28)26-20(21-8-5-9-30-21)10-15-6-3-2-4-7-15/h2-9,13-14,16-17,20,26H,10-12H2,1H3,(H,24,25). The summed E-state index contributed by atoms with van der Waals surface area (Å²) in [6.45, 7) is 0. The van der Waals surface area contributed by atoms with Crippen LogP contribution in [0.1, 0.15) is 30.2 Å². The molecule has 1 aromatic carbocycles. The molecule has 164 valence electrons. The lowest BCUT2D eigenvalue weighted by molar-refractivity contribution is 0.0328. The van der Waals surface area contributed by atoms with Crippen LogP contribution >= 0.6 is 11.6 Å². The van der Waals surface area contributed by atoms with E-state index in [-0.39, 0.29) is 22.1 Å². The highest BCUT2D eigenvalue weighted by Crippen LogP contribution is 2.30. The third-order valence-corrected chi connectivity index (χ3v) is 7.09. The number of aromatic nitrogens is 1. The largest absolute Gasteiger partial charge is 0.468 e. The molecule has 0 aliphatic heterocycles. The van der Waals surface area contributed by atoms with Crippen molar-refractivity contribution in [3.05, 3.63) is 77.3 Å². The molecule has 0 saturated heterocycles. The van der Waals surface area contributed by atoms with E-state index in [0.717, 1.165) is 18.4 Å². The molecule has 1 aliphatic rings. The van der Waals surface area contributed by atoms with Gasteiger partial charge in [0.2, 0.25) is 10.0 Å². The topological polar surface area (TPSA) is 93.5 Å².